The Morgan fingerprint density at radius 3 is 2.36 bits per heavy atom. The van der Waals surface area contributed by atoms with E-state index in [1.807, 2.05) is 0 Å². The first kappa shape index (κ1) is 9.21. The van der Waals surface area contributed by atoms with E-state index in [9.17, 15) is 9.59 Å². The molecule has 14 heavy (non-hydrogen) atoms. The minimum atomic E-state index is -0.692. The quantitative estimate of drug-likeness (QED) is 0.615. The van der Waals surface area contributed by atoms with Crippen molar-refractivity contribution in [1.82, 2.24) is 5.32 Å². The van der Waals surface area contributed by atoms with Crippen LogP contribution in [0.15, 0.2) is 28.7 Å². The molecule has 1 amide bonds. The summed E-state index contributed by atoms with van der Waals surface area (Å²) < 4.78 is 5.27. The third-order valence-electron chi connectivity index (χ3n) is 1.89. The highest BCUT2D eigenvalue weighted by molar-refractivity contribution is 9.10. The zero-order valence-electron chi connectivity index (χ0n) is 6.99. The van der Waals surface area contributed by atoms with Gasteiger partial charge in [-0.1, -0.05) is 28.1 Å². The van der Waals surface area contributed by atoms with E-state index >= 15 is 0 Å². The maximum atomic E-state index is 11.2. The fourth-order valence-electron chi connectivity index (χ4n) is 1.23. The summed E-state index contributed by atoms with van der Waals surface area (Å²) in [5, 5.41) is 2.41. The van der Waals surface area contributed by atoms with E-state index in [1.54, 1.807) is 24.3 Å². The minimum absolute atomic E-state index is 0.558. The van der Waals surface area contributed by atoms with E-state index in [-0.39, 0.29) is 0 Å². The van der Waals surface area contributed by atoms with Crippen LogP contribution in [0.5, 0.6) is 0 Å². The maximum Gasteiger partial charge on any atom is 0.415 e. The van der Waals surface area contributed by atoms with Crippen LogP contribution in [0.3, 0.4) is 0 Å². The molecule has 1 saturated heterocycles. The van der Waals surface area contributed by atoms with Crippen LogP contribution in [0, 0.1) is 0 Å². The van der Waals surface area contributed by atoms with Gasteiger partial charge in [-0.25, -0.2) is 9.59 Å². The maximum absolute atomic E-state index is 11.2. The molecule has 1 atom stereocenters. The summed E-state index contributed by atoms with van der Waals surface area (Å²) >= 11 is 3.28. The summed E-state index contributed by atoms with van der Waals surface area (Å²) in [7, 11) is 0. The highest BCUT2D eigenvalue weighted by atomic mass is 79.9. The van der Waals surface area contributed by atoms with E-state index in [0.29, 0.717) is 5.56 Å². The lowest BCUT2D eigenvalue weighted by molar-refractivity contribution is -0.135. The van der Waals surface area contributed by atoms with E-state index in [2.05, 4.69) is 26.0 Å². The SMILES string of the molecule is O=C1NC(c2ccc(Br)cc2)C(=O)O1. The van der Waals surface area contributed by atoms with Crippen molar-refractivity contribution < 1.29 is 14.3 Å². The van der Waals surface area contributed by atoms with Crippen molar-refractivity contribution in [1.29, 1.82) is 0 Å². The molecule has 0 radical (unpaired) electrons. The van der Waals surface area contributed by atoms with Crippen molar-refractivity contribution in [3.63, 3.8) is 0 Å². The lowest BCUT2D eigenvalue weighted by Crippen LogP contribution is -2.19. The average molecular weight is 256 g/mol. The van der Waals surface area contributed by atoms with Crippen molar-refractivity contribution in [2.45, 2.75) is 6.04 Å². The molecule has 1 aliphatic heterocycles. The van der Waals surface area contributed by atoms with Crippen LogP contribution in [0.1, 0.15) is 11.6 Å². The Kier molecular flexibility index (Phi) is 2.25. The number of hydrogen-bond donors (Lipinski definition) is 1. The van der Waals surface area contributed by atoms with Gasteiger partial charge in [-0.2, -0.15) is 0 Å². The molecule has 1 fully saturated rings. The highest BCUT2D eigenvalue weighted by Gasteiger charge is 2.33. The molecule has 2 rings (SSSR count). The summed E-state index contributed by atoms with van der Waals surface area (Å²) in [5.74, 6) is -0.558. The van der Waals surface area contributed by atoms with Crippen LogP contribution in [0.25, 0.3) is 0 Å². The molecule has 4 nitrogen and oxygen atoms in total. The lowest BCUT2D eigenvalue weighted by Gasteiger charge is -2.04. The number of carbonyl (C=O) groups is 2. The van der Waals surface area contributed by atoms with Crippen LogP contribution in [-0.2, 0) is 9.53 Å². The van der Waals surface area contributed by atoms with Crippen molar-refractivity contribution in [2.75, 3.05) is 0 Å². The molecular formula is C9H6BrNO3. The van der Waals surface area contributed by atoms with Gasteiger partial charge in [0.1, 0.15) is 0 Å². The van der Waals surface area contributed by atoms with Gasteiger partial charge in [0.05, 0.1) is 0 Å². The molecule has 1 aromatic rings. The number of amides is 1. The summed E-state index contributed by atoms with van der Waals surface area (Å²) in [6, 6.07) is 6.43. The average Bonchev–Trinajstić information content (AvgIpc) is 2.47. The van der Waals surface area contributed by atoms with E-state index in [4.69, 9.17) is 0 Å². The van der Waals surface area contributed by atoms with Gasteiger partial charge >= 0.3 is 12.1 Å². The Labute approximate surface area is 88.4 Å². The number of ether oxygens (including phenoxy) is 1. The van der Waals surface area contributed by atoms with Gasteiger partial charge < -0.3 is 10.1 Å². The Hall–Kier alpha value is -1.36. The monoisotopic (exact) mass is 255 g/mol. The zero-order chi connectivity index (χ0) is 10.1. The van der Waals surface area contributed by atoms with Gasteiger partial charge in [0.2, 0.25) is 0 Å². The van der Waals surface area contributed by atoms with Crippen molar-refractivity contribution in [3.8, 4) is 0 Å². The standard InChI is InChI=1S/C9H6BrNO3/c10-6-3-1-5(2-4-6)7-8(12)14-9(13)11-7/h1-4,7H,(H,11,13). The van der Waals surface area contributed by atoms with Gasteiger partial charge in [-0.05, 0) is 17.7 Å². The number of carbonyl (C=O) groups excluding carboxylic acids is 2. The Morgan fingerprint density at radius 1 is 1.21 bits per heavy atom. The molecule has 0 aliphatic carbocycles. The Morgan fingerprint density at radius 2 is 1.86 bits per heavy atom. The van der Waals surface area contributed by atoms with Crippen LogP contribution in [0.4, 0.5) is 4.79 Å². The first-order valence-electron chi connectivity index (χ1n) is 3.94. The molecule has 0 saturated carbocycles. The summed E-state index contributed by atoms with van der Waals surface area (Å²) in [6.07, 6.45) is -0.692. The van der Waals surface area contributed by atoms with Crippen LogP contribution in [-0.4, -0.2) is 12.1 Å². The largest absolute Gasteiger partial charge is 0.415 e. The van der Waals surface area contributed by atoms with Crippen LogP contribution >= 0.6 is 15.9 Å². The van der Waals surface area contributed by atoms with E-state index in [0.717, 1.165) is 4.47 Å². The van der Waals surface area contributed by atoms with Crippen molar-refractivity contribution >= 4 is 28.0 Å². The molecule has 0 spiro atoms. The summed E-state index contributed by atoms with van der Waals surface area (Å²) in [4.78, 5) is 21.9. The van der Waals surface area contributed by atoms with Crippen molar-refractivity contribution in [3.05, 3.63) is 34.3 Å². The predicted octanol–water partition coefficient (Wildman–Crippen LogP) is 1.76. The van der Waals surface area contributed by atoms with E-state index < -0.39 is 18.1 Å². The normalized spacial score (nSPS) is 20.5. The Bertz CT molecular complexity index is 388. The molecule has 1 aromatic carbocycles. The number of hydrogen-bond acceptors (Lipinski definition) is 3. The molecule has 72 valence electrons. The topological polar surface area (TPSA) is 55.4 Å². The van der Waals surface area contributed by atoms with Gasteiger partial charge in [0.15, 0.2) is 6.04 Å². The molecule has 1 N–H and O–H groups in total. The molecule has 1 aliphatic rings. The molecule has 0 aromatic heterocycles. The fourth-order valence-corrected chi connectivity index (χ4v) is 1.50. The second-order valence-electron chi connectivity index (χ2n) is 2.84. The third-order valence-corrected chi connectivity index (χ3v) is 2.42. The number of nitrogens with one attached hydrogen (secondary N) is 1. The number of rotatable bonds is 1. The minimum Gasteiger partial charge on any atom is -0.374 e. The van der Waals surface area contributed by atoms with E-state index in [1.165, 1.54) is 0 Å². The molecule has 1 heterocycles. The number of cyclic esters (lactones) is 2. The highest BCUT2D eigenvalue weighted by Crippen LogP contribution is 2.21. The molecule has 1 unspecified atom stereocenters. The zero-order valence-corrected chi connectivity index (χ0v) is 8.58. The lowest BCUT2D eigenvalue weighted by atomic mass is 10.1. The van der Waals surface area contributed by atoms with Gasteiger partial charge in [-0.3, -0.25) is 0 Å². The van der Waals surface area contributed by atoms with Crippen LogP contribution < -0.4 is 5.32 Å². The number of halogens is 1. The fraction of sp³-hybridized carbons (Fsp3) is 0.111. The summed E-state index contributed by atoms with van der Waals surface area (Å²) in [6.45, 7) is 0. The van der Waals surface area contributed by atoms with Gasteiger partial charge in [-0.15, -0.1) is 0 Å². The Balaban J connectivity index is 2.27. The molecule has 0 bridgehead atoms. The smallest absolute Gasteiger partial charge is 0.374 e. The number of esters is 1. The summed E-state index contributed by atoms with van der Waals surface area (Å²) in [5.41, 5.74) is 0.712. The van der Waals surface area contributed by atoms with Crippen molar-refractivity contribution in [2.24, 2.45) is 0 Å². The van der Waals surface area contributed by atoms with Gasteiger partial charge in [0.25, 0.3) is 0 Å². The third kappa shape index (κ3) is 1.63. The first-order valence-corrected chi connectivity index (χ1v) is 4.74. The second kappa shape index (κ2) is 3.42. The number of benzene rings is 1. The second-order valence-corrected chi connectivity index (χ2v) is 3.75. The first-order chi connectivity index (χ1) is 6.66. The van der Waals surface area contributed by atoms with Crippen LogP contribution in [0.2, 0.25) is 0 Å². The molecule has 5 heteroatoms. The number of alkyl carbamates (subject to hydrolysis) is 1. The molecular weight excluding hydrogens is 250 g/mol. The van der Waals surface area contributed by atoms with Gasteiger partial charge in [0, 0.05) is 4.47 Å². The predicted molar refractivity (Wildman–Crippen MR) is 51.5 cm³/mol.